The molecule has 0 aromatic heterocycles. The lowest BCUT2D eigenvalue weighted by atomic mass is 9.91. The molecule has 2 aliphatic rings. The Morgan fingerprint density at radius 3 is 2.16 bits per heavy atom. The van der Waals surface area contributed by atoms with Gasteiger partial charge in [0.05, 0.1) is 26.0 Å². The SMILES string of the molecule is O=C(CC1CN(C(=O)CC(F)(F)F)C1)c1cc(NC(=O)C2C(c3cc(Cl)c(Cl)c(Cl)c3)C2(Cl)Cl)ccc1Cl. The molecule has 2 fully saturated rings. The summed E-state index contributed by atoms with van der Waals surface area (Å²) in [5, 5.41) is 3.34. The topological polar surface area (TPSA) is 66.5 Å². The first-order valence-corrected chi connectivity index (χ1v) is 13.4. The molecule has 2 aromatic carbocycles. The Hall–Kier alpha value is -1.42. The van der Waals surface area contributed by atoms with Crippen LogP contribution in [-0.4, -0.2) is 46.1 Å². The van der Waals surface area contributed by atoms with Crippen molar-refractivity contribution in [1.82, 2.24) is 4.90 Å². The number of nitrogens with one attached hydrogen (secondary N) is 1. The van der Waals surface area contributed by atoms with Gasteiger partial charge in [-0.25, -0.2) is 0 Å². The number of benzene rings is 2. The molecule has 2 amide bonds. The Bertz CT molecular complexity index is 1290. The highest BCUT2D eigenvalue weighted by Gasteiger charge is 2.67. The van der Waals surface area contributed by atoms with Crippen LogP contribution in [0.15, 0.2) is 30.3 Å². The quantitative estimate of drug-likeness (QED) is 0.189. The Kier molecular flexibility index (Phi) is 8.45. The number of halogens is 9. The van der Waals surface area contributed by atoms with Crippen molar-refractivity contribution in [1.29, 1.82) is 0 Å². The lowest BCUT2D eigenvalue weighted by Gasteiger charge is -2.39. The van der Waals surface area contributed by atoms with Crippen molar-refractivity contribution in [3.63, 3.8) is 0 Å². The Morgan fingerprint density at radius 2 is 1.58 bits per heavy atom. The summed E-state index contributed by atoms with van der Waals surface area (Å²) < 4.78 is 35.8. The fourth-order valence-corrected chi connectivity index (χ4v) is 6.08. The maximum Gasteiger partial charge on any atom is 0.397 e. The van der Waals surface area contributed by atoms with Crippen LogP contribution >= 0.6 is 69.6 Å². The van der Waals surface area contributed by atoms with Gasteiger partial charge in [0, 0.05) is 42.6 Å². The van der Waals surface area contributed by atoms with Gasteiger partial charge >= 0.3 is 6.18 Å². The molecule has 0 bridgehead atoms. The number of carbonyl (C=O) groups is 3. The summed E-state index contributed by atoms with van der Waals surface area (Å²) in [5.74, 6) is -3.69. The summed E-state index contributed by atoms with van der Waals surface area (Å²) in [5.41, 5.74) is 0.918. The zero-order valence-corrected chi connectivity index (χ0v) is 23.6. The monoisotopic (exact) mass is 648 g/mol. The Morgan fingerprint density at radius 1 is 0.974 bits per heavy atom. The van der Waals surface area contributed by atoms with Crippen molar-refractivity contribution in [2.24, 2.45) is 11.8 Å². The van der Waals surface area contributed by atoms with Crippen LogP contribution in [0, 0.1) is 11.8 Å². The second kappa shape index (κ2) is 10.9. The van der Waals surface area contributed by atoms with Gasteiger partial charge in [0.25, 0.3) is 0 Å². The maximum absolute atomic E-state index is 13.0. The fourth-order valence-electron chi connectivity index (χ4n) is 4.42. The predicted molar refractivity (Wildman–Crippen MR) is 142 cm³/mol. The molecule has 204 valence electrons. The second-order valence-electron chi connectivity index (χ2n) is 9.20. The van der Waals surface area contributed by atoms with Crippen LogP contribution in [0.25, 0.3) is 0 Å². The van der Waals surface area contributed by atoms with Crippen LogP contribution in [0.3, 0.4) is 0 Å². The summed E-state index contributed by atoms with van der Waals surface area (Å²) in [6.45, 7) is 0.0913. The molecule has 2 aromatic rings. The third kappa shape index (κ3) is 6.31. The number of amides is 2. The molecular weight excluding hydrogens is 634 g/mol. The average Bonchev–Trinajstić information content (AvgIpc) is 3.35. The van der Waals surface area contributed by atoms with Crippen molar-refractivity contribution in [2.75, 3.05) is 18.4 Å². The molecule has 2 atom stereocenters. The van der Waals surface area contributed by atoms with E-state index in [1.165, 1.54) is 30.3 Å². The molecule has 1 saturated carbocycles. The standard InChI is InChI=1S/C24H17Cl6F3N2O3/c25-14-2-1-12(6-13(14)17(36)3-10-8-35(9-10)18(37)7-23(31,32)33)34-22(38)20-19(24(20,29)30)11-4-15(26)21(28)16(27)5-11/h1-2,4-6,10,19-20H,3,7-9H2,(H,34,38). The van der Waals surface area contributed by atoms with Crippen LogP contribution in [0.1, 0.15) is 34.7 Å². The normalized spacial score (nSPS) is 20.6. The van der Waals surface area contributed by atoms with E-state index in [1.807, 2.05) is 0 Å². The van der Waals surface area contributed by atoms with Gasteiger partial charge in [0.2, 0.25) is 11.8 Å². The van der Waals surface area contributed by atoms with Gasteiger partial charge in [-0.1, -0.05) is 46.4 Å². The first-order chi connectivity index (χ1) is 17.6. The van der Waals surface area contributed by atoms with E-state index in [-0.39, 0.29) is 62.6 Å². The van der Waals surface area contributed by atoms with E-state index >= 15 is 0 Å². The summed E-state index contributed by atoms with van der Waals surface area (Å²) >= 11 is 37.1. The van der Waals surface area contributed by atoms with Gasteiger partial charge in [-0.15, -0.1) is 23.2 Å². The van der Waals surface area contributed by atoms with E-state index in [0.717, 1.165) is 4.90 Å². The fraction of sp³-hybridized carbons (Fsp3) is 0.375. The van der Waals surface area contributed by atoms with E-state index in [1.54, 1.807) is 0 Å². The van der Waals surface area contributed by atoms with Crippen molar-refractivity contribution >= 4 is 92.9 Å². The van der Waals surface area contributed by atoms with Gasteiger partial charge in [0.1, 0.15) is 10.8 Å². The second-order valence-corrected chi connectivity index (χ2v) is 12.2. The number of nitrogens with zero attached hydrogens (tertiary/aromatic N) is 1. The summed E-state index contributed by atoms with van der Waals surface area (Å²) in [7, 11) is 0. The number of likely N-dealkylation sites (tertiary alicyclic amines) is 1. The van der Waals surface area contributed by atoms with Crippen LogP contribution in [0.2, 0.25) is 20.1 Å². The summed E-state index contributed by atoms with van der Waals surface area (Å²) in [4.78, 5) is 38.5. The lowest BCUT2D eigenvalue weighted by Crippen LogP contribution is -2.51. The molecule has 5 nitrogen and oxygen atoms in total. The largest absolute Gasteiger partial charge is 0.397 e. The van der Waals surface area contributed by atoms with Crippen LogP contribution in [0.4, 0.5) is 18.9 Å². The first-order valence-electron chi connectivity index (χ1n) is 11.1. The van der Waals surface area contributed by atoms with E-state index in [4.69, 9.17) is 69.6 Å². The highest BCUT2D eigenvalue weighted by molar-refractivity contribution is 6.54. The Labute approximate surface area is 245 Å². The molecule has 1 heterocycles. The first kappa shape index (κ1) is 29.6. The van der Waals surface area contributed by atoms with Crippen molar-refractivity contribution in [3.05, 3.63) is 61.5 Å². The highest BCUT2D eigenvalue weighted by Crippen LogP contribution is 2.65. The zero-order chi connectivity index (χ0) is 28.2. The van der Waals surface area contributed by atoms with Gasteiger partial charge in [-0.2, -0.15) is 13.2 Å². The number of rotatable bonds is 7. The number of hydrogen-bond donors (Lipinski definition) is 1. The minimum Gasteiger partial charge on any atom is -0.342 e. The smallest absolute Gasteiger partial charge is 0.342 e. The number of ketones is 1. The molecule has 1 saturated heterocycles. The lowest BCUT2D eigenvalue weighted by molar-refractivity contribution is -0.165. The van der Waals surface area contributed by atoms with E-state index in [2.05, 4.69) is 5.32 Å². The molecule has 1 aliphatic heterocycles. The molecule has 2 unspecified atom stereocenters. The van der Waals surface area contributed by atoms with Crippen molar-refractivity contribution < 1.29 is 27.6 Å². The molecule has 14 heteroatoms. The minimum absolute atomic E-state index is 0.0256. The third-order valence-electron chi connectivity index (χ3n) is 6.37. The van der Waals surface area contributed by atoms with Crippen LogP contribution in [0.5, 0.6) is 0 Å². The number of anilines is 1. The highest BCUT2D eigenvalue weighted by atomic mass is 35.5. The maximum atomic E-state index is 13.0. The van der Waals surface area contributed by atoms with Gasteiger partial charge in [-0.05, 0) is 35.9 Å². The molecule has 0 spiro atoms. The number of carbonyl (C=O) groups excluding carboxylic acids is 3. The van der Waals surface area contributed by atoms with Crippen LogP contribution in [-0.2, 0) is 9.59 Å². The van der Waals surface area contributed by atoms with E-state index < -0.39 is 40.6 Å². The van der Waals surface area contributed by atoms with E-state index in [9.17, 15) is 27.6 Å². The number of Topliss-reactive ketones (excluding diaryl/α,β-unsaturated/α-hetero) is 1. The van der Waals surface area contributed by atoms with E-state index in [0.29, 0.717) is 5.56 Å². The van der Waals surface area contributed by atoms with Gasteiger partial charge < -0.3 is 10.2 Å². The molecule has 1 N–H and O–H groups in total. The molecule has 38 heavy (non-hydrogen) atoms. The zero-order valence-electron chi connectivity index (χ0n) is 19.0. The number of hydrogen-bond acceptors (Lipinski definition) is 3. The number of alkyl halides is 5. The molecule has 4 rings (SSSR count). The average molecular weight is 651 g/mol. The van der Waals surface area contributed by atoms with Gasteiger partial charge in [-0.3, -0.25) is 14.4 Å². The van der Waals surface area contributed by atoms with Crippen molar-refractivity contribution in [3.8, 4) is 0 Å². The molecular formula is C24H17Cl6F3N2O3. The minimum atomic E-state index is -4.58. The van der Waals surface area contributed by atoms with Crippen LogP contribution < -0.4 is 5.32 Å². The summed E-state index contributed by atoms with van der Waals surface area (Å²) in [6, 6.07) is 7.39. The summed E-state index contributed by atoms with van der Waals surface area (Å²) in [6.07, 6.45) is -6.15. The molecule has 1 aliphatic carbocycles. The van der Waals surface area contributed by atoms with Gasteiger partial charge in [0.15, 0.2) is 5.78 Å². The third-order valence-corrected chi connectivity index (χ3v) is 8.84. The van der Waals surface area contributed by atoms with Crippen molar-refractivity contribution in [2.45, 2.75) is 29.3 Å². The molecule has 0 radical (unpaired) electrons. The predicted octanol–water partition coefficient (Wildman–Crippen LogP) is 7.81. The Balaban J connectivity index is 1.39.